The number of hydrogen-bond acceptors (Lipinski definition) is 5. The Labute approximate surface area is 193 Å². The van der Waals surface area contributed by atoms with Crippen LogP contribution in [-0.4, -0.2) is 56.3 Å². The van der Waals surface area contributed by atoms with Gasteiger partial charge >= 0.3 is 6.18 Å². The van der Waals surface area contributed by atoms with Crippen molar-refractivity contribution in [2.24, 2.45) is 0 Å². The van der Waals surface area contributed by atoms with Crippen molar-refractivity contribution >= 4 is 29.6 Å². The first-order chi connectivity index (χ1) is 15.1. The van der Waals surface area contributed by atoms with Gasteiger partial charge in [0.2, 0.25) is 0 Å². The Morgan fingerprint density at radius 3 is 2.62 bits per heavy atom. The van der Waals surface area contributed by atoms with Crippen LogP contribution in [0, 0.1) is 4.77 Å². The molecule has 0 saturated carbocycles. The van der Waals surface area contributed by atoms with Crippen LogP contribution in [0.3, 0.4) is 0 Å². The summed E-state index contributed by atoms with van der Waals surface area (Å²) in [4.78, 5) is 2.05. The van der Waals surface area contributed by atoms with Crippen LogP contribution in [0.4, 0.5) is 19.0 Å². The Kier molecular flexibility index (Phi) is 6.33. The normalized spacial score (nSPS) is 18.6. The lowest BCUT2D eigenvalue weighted by atomic mass is 9.97. The molecule has 32 heavy (non-hydrogen) atoms. The minimum Gasteiger partial charge on any atom is -0.363 e. The molecule has 0 aliphatic carbocycles. The summed E-state index contributed by atoms with van der Waals surface area (Å²) < 4.78 is 45.0. The van der Waals surface area contributed by atoms with Crippen LogP contribution in [0.25, 0.3) is 11.5 Å². The van der Waals surface area contributed by atoms with E-state index in [-0.39, 0.29) is 12.2 Å². The summed E-state index contributed by atoms with van der Waals surface area (Å²) in [6.07, 6.45) is -3.83. The minimum absolute atomic E-state index is 0.186. The largest absolute Gasteiger partial charge is 0.410 e. The third kappa shape index (κ3) is 4.69. The molecule has 0 radical (unpaired) electrons. The van der Waals surface area contributed by atoms with Gasteiger partial charge in [0.1, 0.15) is 11.5 Å². The van der Waals surface area contributed by atoms with E-state index in [1.54, 1.807) is 34.9 Å². The molecule has 0 unspecified atom stereocenters. The zero-order valence-corrected chi connectivity index (χ0v) is 19.1. The first-order valence-corrected chi connectivity index (χ1v) is 10.9. The summed E-state index contributed by atoms with van der Waals surface area (Å²) in [7, 11) is 3.94. The lowest BCUT2D eigenvalue weighted by Gasteiger charge is -2.33. The number of H-pyrrole nitrogens is 1. The number of benzene rings is 1. The van der Waals surface area contributed by atoms with Gasteiger partial charge in [-0.1, -0.05) is 23.7 Å². The number of anilines is 1. The summed E-state index contributed by atoms with van der Waals surface area (Å²) in [5, 5.41) is 15.0. The first-order valence-electron chi connectivity index (χ1n) is 10.1. The number of hydrogen-bond donors (Lipinski definition) is 2. The van der Waals surface area contributed by atoms with Crippen LogP contribution in [0.15, 0.2) is 30.3 Å². The van der Waals surface area contributed by atoms with Crippen molar-refractivity contribution in [1.29, 1.82) is 0 Å². The van der Waals surface area contributed by atoms with Crippen LogP contribution >= 0.6 is 23.8 Å². The Balaban J connectivity index is 1.69. The summed E-state index contributed by atoms with van der Waals surface area (Å²) in [5.74, 6) is 0.698. The number of halogens is 4. The van der Waals surface area contributed by atoms with Gasteiger partial charge in [-0.05, 0) is 57.0 Å². The Bertz CT molecular complexity index is 1130. The van der Waals surface area contributed by atoms with E-state index in [4.69, 9.17) is 23.8 Å². The summed E-state index contributed by atoms with van der Waals surface area (Å²) in [6, 6.07) is 6.10. The molecule has 1 aromatic carbocycles. The second kappa shape index (κ2) is 8.87. The summed E-state index contributed by atoms with van der Waals surface area (Å²) >= 11 is 11.3. The van der Waals surface area contributed by atoms with Gasteiger partial charge in [-0.2, -0.15) is 23.4 Å². The second-order valence-electron chi connectivity index (χ2n) is 8.06. The Morgan fingerprint density at radius 2 is 1.97 bits per heavy atom. The molecular formula is C20H23ClF3N7S. The van der Waals surface area contributed by atoms with Crippen LogP contribution < -0.4 is 5.32 Å². The quantitative estimate of drug-likeness (QED) is 0.477. The van der Waals surface area contributed by atoms with Gasteiger partial charge in [0.05, 0.1) is 6.04 Å². The molecule has 0 amide bonds. The average molecular weight is 486 g/mol. The van der Waals surface area contributed by atoms with E-state index in [2.05, 4.69) is 20.6 Å². The van der Waals surface area contributed by atoms with Gasteiger partial charge in [-0.3, -0.25) is 9.67 Å². The molecule has 2 atom stereocenters. The molecule has 2 aromatic heterocycles. The van der Waals surface area contributed by atoms with E-state index >= 15 is 0 Å². The van der Waals surface area contributed by atoms with Crippen molar-refractivity contribution in [3.8, 4) is 11.5 Å². The lowest BCUT2D eigenvalue weighted by Crippen LogP contribution is -2.35. The van der Waals surface area contributed by atoms with Gasteiger partial charge in [0.25, 0.3) is 0 Å². The molecule has 7 nitrogen and oxygen atoms in total. The minimum atomic E-state index is -4.46. The monoisotopic (exact) mass is 485 g/mol. The summed E-state index contributed by atoms with van der Waals surface area (Å²) in [6.45, 7) is 1.42. The van der Waals surface area contributed by atoms with Crippen LogP contribution in [0.5, 0.6) is 0 Å². The van der Waals surface area contributed by atoms with Gasteiger partial charge < -0.3 is 10.2 Å². The molecule has 172 valence electrons. The topological polar surface area (TPSA) is 66.7 Å². The number of nitrogens with zero attached hydrogens (tertiary/aromatic N) is 5. The van der Waals surface area contributed by atoms with E-state index in [1.807, 2.05) is 19.0 Å². The predicted octanol–water partition coefficient (Wildman–Crippen LogP) is 5.07. The highest BCUT2D eigenvalue weighted by atomic mass is 35.5. The zero-order valence-electron chi connectivity index (χ0n) is 17.5. The fraction of sp³-hybridized carbons (Fsp3) is 0.450. The Hall–Kier alpha value is -2.37. The zero-order chi connectivity index (χ0) is 23.0. The molecule has 3 aromatic rings. The maximum Gasteiger partial charge on any atom is 0.410 e. The number of rotatable bonds is 6. The van der Waals surface area contributed by atoms with E-state index in [0.717, 1.165) is 23.2 Å². The van der Waals surface area contributed by atoms with Gasteiger partial charge in [0, 0.05) is 24.1 Å². The number of alkyl halides is 3. The fourth-order valence-corrected chi connectivity index (χ4v) is 4.21. The molecule has 2 N–H and O–H groups in total. The fourth-order valence-electron chi connectivity index (χ4n) is 3.86. The van der Waals surface area contributed by atoms with Crippen molar-refractivity contribution in [3.05, 3.63) is 45.7 Å². The van der Waals surface area contributed by atoms with Crippen molar-refractivity contribution in [3.63, 3.8) is 0 Å². The van der Waals surface area contributed by atoms with Gasteiger partial charge in [0.15, 0.2) is 16.6 Å². The Morgan fingerprint density at radius 1 is 1.25 bits per heavy atom. The molecular weight excluding hydrogens is 463 g/mol. The highest BCUT2D eigenvalue weighted by Gasteiger charge is 2.46. The second-order valence-corrected chi connectivity index (χ2v) is 8.88. The molecule has 0 bridgehead atoms. The number of aromatic nitrogens is 5. The van der Waals surface area contributed by atoms with E-state index in [9.17, 15) is 13.2 Å². The highest BCUT2D eigenvalue weighted by molar-refractivity contribution is 7.71. The third-order valence-electron chi connectivity index (χ3n) is 5.44. The number of aromatic amines is 1. The molecule has 0 saturated heterocycles. The molecule has 4 rings (SSSR count). The smallest absolute Gasteiger partial charge is 0.363 e. The first kappa shape index (κ1) is 22.8. The van der Waals surface area contributed by atoms with Gasteiger partial charge in [-0.25, -0.2) is 4.68 Å². The van der Waals surface area contributed by atoms with Crippen molar-refractivity contribution in [1.82, 2.24) is 29.4 Å². The molecule has 1 aliphatic rings. The van der Waals surface area contributed by atoms with Crippen LogP contribution in [-0.2, 0) is 6.54 Å². The molecule has 0 fully saturated rings. The van der Waals surface area contributed by atoms with Crippen molar-refractivity contribution in [2.75, 3.05) is 26.0 Å². The summed E-state index contributed by atoms with van der Waals surface area (Å²) in [5.41, 5.74) is 1.06. The standard InChI is InChI=1S/C20H23ClF3N7S/c1-29(2)8-3-9-30-18(26-27-19(30)32)15-11-17-25-14(12-4-6-13(21)7-5-12)10-16(20(22,23)24)31(17)28-15/h4-7,11,14,16,25H,3,8-10H2,1-2H3,(H,27,32)/t14-,16+/m1/s1. The van der Waals surface area contributed by atoms with Gasteiger partial charge in [-0.15, -0.1) is 0 Å². The van der Waals surface area contributed by atoms with E-state index in [0.29, 0.717) is 27.9 Å². The molecule has 3 heterocycles. The number of nitrogens with one attached hydrogen (secondary N) is 2. The van der Waals surface area contributed by atoms with Crippen LogP contribution in [0.1, 0.15) is 30.5 Å². The number of fused-ring (bicyclic) bond motifs is 1. The average Bonchev–Trinajstić information content (AvgIpc) is 3.30. The maximum atomic E-state index is 14.0. The molecule has 12 heteroatoms. The maximum absolute atomic E-state index is 14.0. The van der Waals surface area contributed by atoms with E-state index in [1.165, 1.54) is 0 Å². The van der Waals surface area contributed by atoms with Crippen molar-refractivity contribution < 1.29 is 13.2 Å². The highest BCUT2D eigenvalue weighted by Crippen LogP contribution is 2.44. The molecule has 1 aliphatic heterocycles. The molecule has 0 spiro atoms. The predicted molar refractivity (Wildman–Crippen MR) is 119 cm³/mol. The lowest BCUT2D eigenvalue weighted by molar-refractivity contribution is -0.173. The van der Waals surface area contributed by atoms with E-state index < -0.39 is 18.3 Å². The SMILES string of the molecule is CN(C)CCCn1c(-c2cc3n(n2)[C@H](C(F)(F)F)C[C@H](c2ccc(Cl)cc2)N3)n[nH]c1=S. The van der Waals surface area contributed by atoms with Crippen LogP contribution in [0.2, 0.25) is 5.02 Å². The third-order valence-corrected chi connectivity index (χ3v) is 6.00. The van der Waals surface area contributed by atoms with Crippen molar-refractivity contribution in [2.45, 2.75) is 37.6 Å².